The molecule has 0 unspecified atom stereocenters. The van der Waals surface area contributed by atoms with Gasteiger partial charge in [-0.05, 0) is 11.1 Å². The molecular weight excluding hydrogens is 306 g/mol. The van der Waals surface area contributed by atoms with Gasteiger partial charge in [-0.25, -0.2) is 0 Å². The molecule has 0 atom stereocenters. The fourth-order valence-electron chi connectivity index (χ4n) is 2.82. The molecule has 0 amide bonds. The highest BCUT2D eigenvalue weighted by Gasteiger charge is 2.26. The zero-order valence-corrected chi connectivity index (χ0v) is 12.6. The quantitative estimate of drug-likeness (QED) is 0.788. The van der Waals surface area contributed by atoms with Crippen LogP contribution in [0.4, 0.5) is 0 Å². The Kier molecular flexibility index (Phi) is 3.39. The van der Waals surface area contributed by atoms with Gasteiger partial charge in [0.2, 0.25) is 6.79 Å². The first-order valence-electron chi connectivity index (χ1n) is 7.47. The van der Waals surface area contributed by atoms with Gasteiger partial charge in [-0.3, -0.25) is 14.6 Å². The molecule has 1 aliphatic heterocycles. The van der Waals surface area contributed by atoms with Crippen LogP contribution in [0.5, 0.6) is 11.5 Å². The SMILES string of the molecule is O=c1[nH]c(=O)c(-c2ccccc2)c2c(c1-c1ccccc1)OCO2. The highest BCUT2D eigenvalue weighted by Crippen LogP contribution is 2.42. The van der Waals surface area contributed by atoms with Gasteiger partial charge in [0.25, 0.3) is 11.1 Å². The van der Waals surface area contributed by atoms with Crippen molar-refractivity contribution in [1.29, 1.82) is 0 Å². The maximum Gasteiger partial charge on any atom is 0.262 e. The summed E-state index contributed by atoms with van der Waals surface area (Å²) in [6.45, 7) is -0.0299. The van der Waals surface area contributed by atoms with Crippen LogP contribution >= 0.6 is 0 Å². The van der Waals surface area contributed by atoms with Gasteiger partial charge in [-0.2, -0.15) is 0 Å². The topological polar surface area (TPSA) is 68.4 Å². The average Bonchev–Trinajstić information content (AvgIpc) is 3.02. The van der Waals surface area contributed by atoms with Gasteiger partial charge in [0.1, 0.15) is 0 Å². The maximum atomic E-state index is 12.6. The highest BCUT2D eigenvalue weighted by atomic mass is 16.7. The van der Waals surface area contributed by atoms with Gasteiger partial charge in [-0.15, -0.1) is 0 Å². The fourth-order valence-corrected chi connectivity index (χ4v) is 2.82. The van der Waals surface area contributed by atoms with Crippen molar-refractivity contribution in [2.75, 3.05) is 6.79 Å². The third-order valence-corrected chi connectivity index (χ3v) is 3.87. The molecule has 118 valence electrons. The summed E-state index contributed by atoms with van der Waals surface area (Å²) in [5, 5.41) is 0. The van der Waals surface area contributed by atoms with E-state index < -0.39 is 11.1 Å². The van der Waals surface area contributed by atoms with Crippen LogP contribution in [0, 0.1) is 0 Å². The first kappa shape index (κ1) is 14.3. The summed E-state index contributed by atoms with van der Waals surface area (Å²) in [6, 6.07) is 18.1. The third-order valence-electron chi connectivity index (χ3n) is 3.87. The van der Waals surface area contributed by atoms with E-state index in [0.717, 1.165) is 0 Å². The van der Waals surface area contributed by atoms with Crippen molar-refractivity contribution in [2.24, 2.45) is 0 Å². The minimum atomic E-state index is -0.505. The Hall–Kier alpha value is -3.34. The molecule has 0 radical (unpaired) electrons. The summed E-state index contributed by atoms with van der Waals surface area (Å²) in [7, 11) is 0. The molecule has 1 aliphatic rings. The molecular formula is C19H13NO4. The largest absolute Gasteiger partial charge is 0.453 e. The van der Waals surface area contributed by atoms with Crippen molar-refractivity contribution >= 4 is 0 Å². The Balaban J connectivity index is 2.12. The van der Waals surface area contributed by atoms with Crippen molar-refractivity contribution in [3.05, 3.63) is 81.4 Å². The minimum Gasteiger partial charge on any atom is -0.453 e. The zero-order valence-electron chi connectivity index (χ0n) is 12.6. The summed E-state index contributed by atoms with van der Waals surface area (Å²) >= 11 is 0. The third kappa shape index (κ3) is 2.27. The summed E-state index contributed by atoms with van der Waals surface area (Å²) in [4.78, 5) is 27.6. The number of aromatic nitrogens is 1. The number of nitrogens with one attached hydrogen (secondary N) is 1. The molecule has 3 aromatic rings. The lowest BCUT2D eigenvalue weighted by molar-refractivity contribution is 0.174. The van der Waals surface area contributed by atoms with E-state index in [9.17, 15) is 9.59 Å². The molecule has 5 heteroatoms. The van der Waals surface area contributed by atoms with Gasteiger partial charge in [0, 0.05) is 0 Å². The van der Waals surface area contributed by atoms with Gasteiger partial charge >= 0.3 is 0 Å². The standard InChI is InChI=1S/C19H13NO4/c21-18-14(12-7-3-1-4-8-12)16-17(24-11-23-16)15(19(22)20-18)13-9-5-2-6-10-13/h1-10H,11H2,(H,20,21,22). The molecule has 24 heavy (non-hydrogen) atoms. The van der Waals surface area contributed by atoms with Gasteiger partial charge < -0.3 is 9.47 Å². The molecule has 5 nitrogen and oxygen atoms in total. The smallest absolute Gasteiger partial charge is 0.262 e. The lowest BCUT2D eigenvalue weighted by Crippen LogP contribution is -2.17. The van der Waals surface area contributed by atoms with Crippen molar-refractivity contribution in [3.8, 4) is 33.8 Å². The molecule has 0 fully saturated rings. The van der Waals surface area contributed by atoms with Crippen LogP contribution in [0.15, 0.2) is 70.3 Å². The first-order valence-corrected chi connectivity index (χ1v) is 7.47. The number of aromatic amines is 1. The van der Waals surface area contributed by atoms with E-state index >= 15 is 0 Å². The first-order chi connectivity index (χ1) is 11.8. The number of fused-ring (bicyclic) bond motifs is 1. The molecule has 0 saturated carbocycles. The van der Waals surface area contributed by atoms with Crippen LogP contribution in [0.3, 0.4) is 0 Å². The number of hydrogen-bond acceptors (Lipinski definition) is 4. The van der Waals surface area contributed by atoms with Crippen molar-refractivity contribution in [2.45, 2.75) is 0 Å². The Morgan fingerprint density at radius 3 is 1.50 bits per heavy atom. The molecule has 1 aromatic heterocycles. The Morgan fingerprint density at radius 1 is 0.667 bits per heavy atom. The van der Waals surface area contributed by atoms with E-state index in [-0.39, 0.29) is 6.79 Å². The van der Waals surface area contributed by atoms with E-state index in [1.807, 2.05) is 36.4 Å². The Bertz CT molecular complexity index is 930. The lowest BCUT2D eigenvalue weighted by Gasteiger charge is -2.03. The van der Waals surface area contributed by atoms with Crippen molar-refractivity contribution in [3.63, 3.8) is 0 Å². The predicted octanol–water partition coefficient (Wildman–Crippen LogP) is 2.80. The Morgan fingerprint density at radius 2 is 1.08 bits per heavy atom. The van der Waals surface area contributed by atoms with Crippen molar-refractivity contribution in [1.82, 2.24) is 4.98 Å². The van der Waals surface area contributed by atoms with Gasteiger partial charge in [0.15, 0.2) is 11.5 Å². The zero-order chi connectivity index (χ0) is 16.5. The number of hydrogen-bond donors (Lipinski definition) is 1. The monoisotopic (exact) mass is 319 g/mol. The molecule has 0 spiro atoms. The minimum absolute atomic E-state index is 0.0299. The summed E-state index contributed by atoms with van der Waals surface area (Å²) in [5.41, 5.74) is 0.903. The molecule has 0 saturated heterocycles. The maximum absolute atomic E-state index is 12.6. The Labute approximate surface area is 137 Å². The van der Waals surface area contributed by atoms with Crippen LogP contribution in [-0.4, -0.2) is 11.8 Å². The van der Waals surface area contributed by atoms with Gasteiger partial charge in [-0.1, -0.05) is 60.7 Å². The molecule has 0 aliphatic carbocycles. The predicted molar refractivity (Wildman–Crippen MR) is 90.3 cm³/mol. The second-order valence-corrected chi connectivity index (χ2v) is 5.33. The normalized spacial score (nSPS) is 12.2. The van der Waals surface area contributed by atoms with Gasteiger partial charge in [0.05, 0.1) is 11.1 Å². The average molecular weight is 319 g/mol. The van der Waals surface area contributed by atoms with Crippen LogP contribution in [-0.2, 0) is 0 Å². The fraction of sp³-hybridized carbons (Fsp3) is 0.0526. The number of ether oxygens (including phenoxy) is 2. The van der Waals surface area contributed by atoms with Crippen molar-refractivity contribution < 1.29 is 9.47 Å². The van der Waals surface area contributed by atoms with E-state index in [4.69, 9.17) is 9.47 Å². The van der Waals surface area contributed by atoms with E-state index in [2.05, 4.69) is 4.98 Å². The number of benzene rings is 2. The summed E-state index contributed by atoms with van der Waals surface area (Å²) in [6.07, 6.45) is 0. The van der Waals surface area contributed by atoms with Crippen LogP contribution in [0.1, 0.15) is 0 Å². The molecule has 4 rings (SSSR count). The molecule has 2 heterocycles. The van der Waals surface area contributed by atoms with E-state index in [1.54, 1.807) is 24.3 Å². The lowest BCUT2D eigenvalue weighted by atomic mass is 10.0. The summed E-state index contributed by atoms with van der Waals surface area (Å²) < 4.78 is 11.1. The molecule has 1 N–H and O–H groups in total. The molecule has 0 bridgehead atoms. The summed E-state index contributed by atoms with van der Waals surface area (Å²) in [5.74, 6) is 0.590. The van der Waals surface area contributed by atoms with E-state index in [1.165, 1.54) is 0 Å². The second-order valence-electron chi connectivity index (χ2n) is 5.33. The molecule has 2 aromatic carbocycles. The van der Waals surface area contributed by atoms with E-state index in [0.29, 0.717) is 33.8 Å². The second kappa shape index (κ2) is 5.70. The van der Waals surface area contributed by atoms with Crippen LogP contribution in [0.25, 0.3) is 22.3 Å². The van der Waals surface area contributed by atoms with Crippen LogP contribution in [0.2, 0.25) is 0 Å². The number of H-pyrrole nitrogens is 1. The number of rotatable bonds is 2. The van der Waals surface area contributed by atoms with Crippen LogP contribution < -0.4 is 20.6 Å². The highest BCUT2D eigenvalue weighted by molar-refractivity contribution is 5.80.